The highest BCUT2D eigenvalue weighted by molar-refractivity contribution is 5.96. The third-order valence-corrected chi connectivity index (χ3v) is 5.10. The number of carbonyl (C=O) groups is 1. The van der Waals surface area contributed by atoms with Crippen molar-refractivity contribution in [3.05, 3.63) is 76.4 Å². The van der Waals surface area contributed by atoms with Gasteiger partial charge < -0.3 is 5.32 Å². The number of carbonyl (C=O) groups excluding carboxylic acids is 1. The summed E-state index contributed by atoms with van der Waals surface area (Å²) in [6, 6.07) is 7.85. The Bertz CT molecular complexity index is 1090. The van der Waals surface area contributed by atoms with E-state index in [9.17, 15) is 18.0 Å². The molecule has 8 heteroatoms. The Kier molecular flexibility index (Phi) is 4.64. The molecule has 0 saturated carbocycles. The first-order valence-corrected chi connectivity index (χ1v) is 9.22. The van der Waals surface area contributed by atoms with Gasteiger partial charge in [0, 0.05) is 23.5 Å². The number of pyridine rings is 1. The van der Waals surface area contributed by atoms with Crippen LogP contribution < -0.4 is 5.32 Å². The maximum absolute atomic E-state index is 12.9. The van der Waals surface area contributed by atoms with Crippen molar-refractivity contribution < 1.29 is 18.0 Å². The van der Waals surface area contributed by atoms with Crippen LogP contribution >= 0.6 is 0 Å². The van der Waals surface area contributed by atoms with Gasteiger partial charge in [-0.05, 0) is 50.5 Å². The van der Waals surface area contributed by atoms with E-state index in [4.69, 9.17) is 0 Å². The number of hydrogen-bond acceptors (Lipinski definition) is 3. The van der Waals surface area contributed by atoms with Crippen molar-refractivity contribution in [1.82, 2.24) is 20.1 Å². The van der Waals surface area contributed by atoms with Crippen LogP contribution in [0.3, 0.4) is 0 Å². The zero-order valence-corrected chi connectivity index (χ0v) is 15.9. The molecule has 0 fully saturated rings. The number of alkyl halides is 3. The normalized spacial score (nSPS) is 16.0. The van der Waals surface area contributed by atoms with E-state index >= 15 is 0 Å². The summed E-state index contributed by atoms with van der Waals surface area (Å²) < 4.78 is 40.2. The van der Waals surface area contributed by atoms with E-state index in [-0.39, 0.29) is 17.6 Å². The first-order chi connectivity index (χ1) is 13.7. The van der Waals surface area contributed by atoms with Crippen LogP contribution in [0.15, 0.2) is 42.7 Å². The maximum Gasteiger partial charge on any atom is 0.433 e. The van der Waals surface area contributed by atoms with Gasteiger partial charge in [0.15, 0.2) is 0 Å². The van der Waals surface area contributed by atoms with Crippen molar-refractivity contribution in [3.8, 4) is 5.69 Å². The first-order valence-electron chi connectivity index (χ1n) is 9.22. The third kappa shape index (κ3) is 3.74. The Morgan fingerprint density at radius 1 is 1.21 bits per heavy atom. The van der Waals surface area contributed by atoms with Crippen molar-refractivity contribution in [2.75, 3.05) is 0 Å². The number of benzene rings is 1. The Balaban J connectivity index is 1.57. The lowest BCUT2D eigenvalue weighted by Crippen LogP contribution is -2.27. The van der Waals surface area contributed by atoms with Gasteiger partial charge in [0.25, 0.3) is 5.91 Å². The molecule has 1 amide bonds. The fraction of sp³-hybridized carbons (Fsp3) is 0.286. The molecule has 2 heterocycles. The number of aromatic nitrogens is 3. The molecule has 150 valence electrons. The van der Waals surface area contributed by atoms with Gasteiger partial charge in [0.05, 0.1) is 17.4 Å². The highest BCUT2D eigenvalue weighted by Crippen LogP contribution is 2.33. The molecule has 4 rings (SSSR count). The number of amides is 1. The molecule has 1 aliphatic rings. The Hall–Kier alpha value is -3.16. The molecule has 1 aliphatic carbocycles. The first kappa shape index (κ1) is 19.2. The molecule has 0 aliphatic heterocycles. The van der Waals surface area contributed by atoms with Gasteiger partial charge >= 0.3 is 6.18 Å². The Labute approximate surface area is 165 Å². The minimum atomic E-state index is -4.52. The van der Waals surface area contributed by atoms with E-state index in [1.165, 1.54) is 10.7 Å². The van der Waals surface area contributed by atoms with Crippen molar-refractivity contribution in [2.45, 2.75) is 38.9 Å². The van der Waals surface area contributed by atoms with Crippen LogP contribution in [0.25, 0.3) is 5.69 Å². The van der Waals surface area contributed by atoms with Crippen LogP contribution in [-0.4, -0.2) is 20.7 Å². The summed E-state index contributed by atoms with van der Waals surface area (Å²) in [4.78, 5) is 16.1. The second-order valence-electron chi connectivity index (χ2n) is 7.26. The molecule has 1 aromatic carbocycles. The van der Waals surface area contributed by atoms with Crippen molar-refractivity contribution in [2.24, 2.45) is 0 Å². The predicted octanol–water partition coefficient (Wildman–Crippen LogP) is 4.32. The minimum absolute atomic E-state index is 0.170. The second-order valence-corrected chi connectivity index (χ2v) is 7.26. The monoisotopic (exact) mass is 400 g/mol. The molecule has 3 aromatic rings. The van der Waals surface area contributed by atoms with Crippen LogP contribution in [-0.2, 0) is 12.6 Å². The summed E-state index contributed by atoms with van der Waals surface area (Å²) in [6.45, 7) is 3.86. The average Bonchev–Trinajstić information content (AvgIpc) is 3.23. The van der Waals surface area contributed by atoms with Gasteiger partial charge in [0.2, 0.25) is 0 Å². The van der Waals surface area contributed by atoms with E-state index in [1.807, 2.05) is 26.0 Å². The lowest BCUT2D eigenvalue weighted by atomic mass is 10.0. The van der Waals surface area contributed by atoms with Crippen molar-refractivity contribution in [1.29, 1.82) is 0 Å². The number of nitrogens with one attached hydrogen (secondary N) is 1. The van der Waals surface area contributed by atoms with Gasteiger partial charge in [-0.1, -0.05) is 17.7 Å². The highest BCUT2D eigenvalue weighted by Gasteiger charge is 2.33. The molecular weight excluding hydrogens is 381 g/mol. The van der Waals surface area contributed by atoms with Crippen LogP contribution in [0.1, 0.15) is 50.9 Å². The quantitative estimate of drug-likeness (QED) is 0.712. The SMILES string of the molecule is Cc1ccc(C(=O)N[C@@H]2CCc3nn(-c4ccnc(C(F)(F)F)c4)cc32)c(C)c1. The lowest BCUT2D eigenvalue weighted by Gasteiger charge is -2.14. The van der Waals surface area contributed by atoms with Crippen molar-refractivity contribution in [3.63, 3.8) is 0 Å². The minimum Gasteiger partial charge on any atom is -0.345 e. The van der Waals surface area contributed by atoms with E-state index in [0.717, 1.165) is 34.6 Å². The zero-order chi connectivity index (χ0) is 20.8. The van der Waals surface area contributed by atoms with Gasteiger partial charge in [-0.25, -0.2) is 4.68 Å². The highest BCUT2D eigenvalue weighted by atomic mass is 19.4. The van der Waals surface area contributed by atoms with E-state index in [0.29, 0.717) is 18.4 Å². The molecule has 0 bridgehead atoms. The predicted molar refractivity (Wildman–Crippen MR) is 101 cm³/mol. The van der Waals surface area contributed by atoms with E-state index < -0.39 is 11.9 Å². The molecule has 0 radical (unpaired) electrons. The van der Waals surface area contributed by atoms with Crippen molar-refractivity contribution >= 4 is 5.91 Å². The Morgan fingerprint density at radius 3 is 2.72 bits per heavy atom. The fourth-order valence-electron chi connectivity index (χ4n) is 3.65. The summed E-state index contributed by atoms with van der Waals surface area (Å²) >= 11 is 0. The molecular formula is C21H19F3N4O. The molecule has 1 N–H and O–H groups in total. The summed E-state index contributed by atoms with van der Waals surface area (Å²) in [5, 5.41) is 7.44. The smallest absolute Gasteiger partial charge is 0.345 e. The van der Waals surface area contributed by atoms with Crippen LogP contribution in [0.4, 0.5) is 13.2 Å². The summed E-state index contributed by atoms with van der Waals surface area (Å²) in [7, 11) is 0. The number of fused-ring (bicyclic) bond motifs is 1. The number of nitrogens with zero attached hydrogens (tertiary/aromatic N) is 3. The summed E-state index contributed by atoms with van der Waals surface area (Å²) in [5.74, 6) is -0.170. The molecule has 5 nitrogen and oxygen atoms in total. The number of hydrogen-bond donors (Lipinski definition) is 1. The zero-order valence-electron chi connectivity index (χ0n) is 15.9. The maximum atomic E-state index is 12.9. The van der Waals surface area contributed by atoms with Crippen LogP contribution in [0.2, 0.25) is 0 Å². The molecule has 29 heavy (non-hydrogen) atoms. The third-order valence-electron chi connectivity index (χ3n) is 5.10. The molecule has 0 unspecified atom stereocenters. The van der Waals surface area contributed by atoms with E-state index in [1.54, 1.807) is 12.3 Å². The standard InChI is InChI=1S/C21H19F3N4O/c1-12-3-4-15(13(2)9-12)20(29)26-17-5-6-18-16(17)11-28(27-18)14-7-8-25-19(10-14)21(22,23)24/h3-4,7-11,17H,5-6H2,1-2H3,(H,26,29)/t17-/m1/s1. The Morgan fingerprint density at radius 2 is 2.00 bits per heavy atom. The van der Waals surface area contributed by atoms with Crippen LogP contribution in [0.5, 0.6) is 0 Å². The second kappa shape index (κ2) is 7.02. The average molecular weight is 400 g/mol. The molecule has 0 saturated heterocycles. The lowest BCUT2D eigenvalue weighted by molar-refractivity contribution is -0.141. The summed E-state index contributed by atoms with van der Waals surface area (Å²) in [6.07, 6.45) is -0.361. The topological polar surface area (TPSA) is 59.8 Å². The molecule has 0 spiro atoms. The number of aryl methyl sites for hydroxylation is 3. The number of rotatable bonds is 3. The van der Waals surface area contributed by atoms with Gasteiger partial charge in [-0.15, -0.1) is 0 Å². The fourth-order valence-corrected chi connectivity index (χ4v) is 3.65. The van der Waals surface area contributed by atoms with Gasteiger partial charge in [-0.2, -0.15) is 18.3 Å². The van der Waals surface area contributed by atoms with Crippen LogP contribution in [0, 0.1) is 13.8 Å². The van der Waals surface area contributed by atoms with Gasteiger partial charge in [-0.3, -0.25) is 9.78 Å². The number of halogens is 3. The largest absolute Gasteiger partial charge is 0.433 e. The molecule has 1 atom stereocenters. The molecule has 2 aromatic heterocycles. The summed E-state index contributed by atoms with van der Waals surface area (Å²) in [5.41, 5.74) is 3.51. The van der Waals surface area contributed by atoms with Gasteiger partial charge in [0.1, 0.15) is 5.69 Å². The van der Waals surface area contributed by atoms with E-state index in [2.05, 4.69) is 15.4 Å².